The van der Waals surface area contributed by atoms with Crippen LogP contribution in [-0.2, 0) is 16.1 Å². The first kappa shape index (κ1) is 23.9. The lowest BCUT2D eigenvalue weighted by Gasteiger charge is -2.12. The zero-order valence-corrected chi connectivity index (χ0v) is 20.5. The number of ether oxygens (including phenoxy) is 1. The van der Waals surface area contributed by atoms with Crippen LogP contribution >= 0.6 is 0 Å². The number of furan rings is 1. The van der Waals surface area contributed by atoms with Crippen molar-refractivity contribution in [1.29, 1.82) is 0 Å². The van der Waals surface area contributed by atoms with Crippen LogP contribution in [0.15, 0.2) is 89.5 Å². The molecule has 184 valence electrons. The molecule has 5 rings (SSSR count). The van der Waals surface area contributed by atoms with Crippen LogP contribution in [0.1, 0.15) is 27.2 Å². The summed E-state index contributed by atoms with van der Waals surface area (Å²) in [6.07, 6.45) is 1.53. The Kier molecular flexibility index (Phi) is 6.76. The van der Waals surface area contributed by atoms with E-state index in [0.717, 1.165) is 33.6 Å². The number of nitrogens with one attached hydrogen (secondary N) is 1. The molecule has 5 aromatic rings. The van der Waals surface area contributed by atoms with Crippen LogP contribution in [0.4, 0.5) is 0 Å². The van der Waals surface area contributed by atoms with Crippen LogP contribution < -0.4 is 5.32 Å². The molecule has 2 heterocycles. The lowest BCUT2D eigenvalue weighted by Crippen LogP contribution is -2.28. The van der Waals surface area contributed by atoms with E-state index >= 15 is 0 Å². The number of carbonyl (C=O) groups excluding carboxylic acids is 2. The molecule has 0 aliphatic carbocycles. The van der Waals surface area contributed by atoms with Gasteiger partial charge in [0.25, 0.3) is 5.91 Å². The van der Waals surface area contributed by atoms with E-state index in [2.05, 4.69) is 5.32 Å². The molecule has 0 spiro atoms. The Hall–Kier alpha value is -4.78. The summed E-state index contributed by atoms with van der Waals surface area (Å²) in [7, 11) is 0. The van der Waals surface area contributed by atoms with Crippen molar-refractivity contribution in [2.75, 3.05) is 6.61 Å². The van der Waals surface area contributed by atoms with Gasteiger partial charge in [0.1, 0.15) is 5.76 Å². The van der Waals surface area contributed by atoms with Gasteiger partial charge in [-0.25, -0.2) is 14.8 Å². The van der Waals surface area contributed by atoms with Gasteiger partial charge in [0, 0.05) is 11.1 Å². The molecule has 1 N–H and O–H groups in total. The molecule has 7 nitrogen and oxygen atoms in total. The predicted molar refractivity (Wildman–Crippen MR) is 141 cm³/mol. The first-order chi connectivity index (χ1) is 18.0. The average molecular weight is 492 g/mol. The van der Waals surface area contributed by atoms with Crippen LogP contribution in [0.25, 0.3) is 33.5 Å². The van der Waals surface area contributed by atoms with Crippen LogP contribution in [-0.4, -0.2) is 28.5 Å². The molecule has 7 heteroatoms. The van der Waals surface area contributed by atoms with Crippen LogP contribution in [0.5, 0.6) is 0 Å². The molecule has 0 unspecified atom stereocenters. The molecule has 0 saturated carbocycles. The summed E-state index contributed by atoms with van der Waals surface area (Å²) in [5.41, 5.74) is 7.18. The minimum Gasteiger partial charge on any atom is -0.467 e. The first-order valence-corrected chi connectivity index (χ1v) is 11.9. The normalized spacial score (nSPS) is 10.9. The second kappa shape index (κ2) is 10.5. The smallest absolute Gasteiger partial charge is 0.338 e. The molecule has 0 bridgehead atoms. The Morgan fingerprint density at radius 1 is 0.811 bits per heavy atom. The third-order valence-electron chi connectivity index (χ3n) is 5.92. The van der Waals surface area contributed by atoms with Gasteiger partial charge in [0.05, 0.1) is 40.8 Å². The molecule has 0 radical (unpaired) electrons. The summed E-state index contributed by atoms with van der Waals surface area (Å²) in [6.45, 7) is 3.90. The van der Waals surface area contributed by atoms with Crippen LogP contribution in [0.2, 0.25) is 0 Å². The summed E-state index contributed by atoms with van der Waals surface area (Å²) >= 11 is 0. The molecular formula is C30H25N3O4. The number of carbonyl (C=O) groups is 2. The fourth-order valence-electron chi connectivity index (χ4n) is 3.87. The number of esters is 1. The molecule has 0 aliphatic rings. The van der Waals surface area contributed by atoms with Crippen LogP contribution in [0.3, 0.4) is 0 Å². The Morgan fingerprint density at radius 2 is 1.43 bits per heavy atom. The van der Waals surface area contributed by atoms with Gasteiger partial charge in [-0.3, -0.25) is 4.79 Å². The Bertz CT molecular complexity index is 1560. The van der Waals surface area contributed by atoms with Gasteiger partial charge in [-0.2, -0.15) is 0 Å². The molecule has 3 aromatic carbocycles. The van der Waals surface area contributed by atoms with Gasteiger partial charge < -0.3 is 14.5 Å². The SMILES string of the molecule is Cc1ccc(-c2nc3ccc(C(=O)OCC(=O)NCc4ccco4)cc3nc2-c2ccc(C)cc2)cc1. The minimum atomic E-state index is -0.614. The van der Waals surface area contributed by atoms with Gasteiger partial charge in [-0.1, -0.05) is 59.7 Å². The van der Waals surface area contributed by atoms with E-state index in [0.29, 0.717) is 22.4 Å². The zero-order chi connectivity index (χ0) is 25.8. The molecule has 0 aliphatic heterocycles. The van der Waals surface area contributed by atoms with Gasteiger partial charge in [-0.15, -0.1) is 0 Å². The third-order valence-corrected chi connectivity index (χ3v) is 5.92. The highest BCUT2D eigenvalue weighted by Crippen LogP contribution is 2.31. The van der Waals surface area contributed by atoms with Gasteiger partial charge in [0.2, 0.25) is 0 Å². The number of benzene rings is 3. The van der Waals surface area contributed by atoms with Gasteiger partial charge in [-0.05, 0) is 44.2 Å². The van der Waals surface area contributed by atoms with Crippen molar-refractivity contribution in [2.24, 2.45) is 0 Å². The number of hydrogen-bond donors (Lipinski definition) is 1. The van der Waals surface area contributed by atoms with Crippen molar-refractivity contribution in [3.8, 4) is 22.5 Å². The van der Waals surface area contributed by atoms with Gasteiger partial charge in [0.15, 0.2) is 6.61 Å². The van der Waals surface area contributed by atoms with E-state index in [1.807, 2.05) is 62.4 Å². The number of nitrogens with zero attached hydrogens (tertiary/aromatic N) is 2. The van der Waals surface area contributed by atoms with E-state index in [1.165, 1.54) is 6.26 Å². The quantitative estimate of drug-likeness (QED) is 0.296. The first-order valence-electron chi connectivity index (χ1n) is 11.9. The number of fused-ring (bicyclic) bond motifs is 1. The lowest BCUT2D eigenvalue weighted by atomic mass is 10.0. The third kappa shape index (κ3) is 5.56. The maximum Gasteiger partial charge on any atom is 0.338 e. The van der Waals surface area contributed by atoms with Crippen LogP contribution in [0, 0.1) is 13.8 Å². The fraction of sp³-hybridized carbons (Fsp3) is 0.133. The van der Waals surface area contributed by atoms with E-state index < -0.39 is 18.5 Å². The summed E-state index contributed by atoms with van der Waals surface area (Å²) < 4.78 is 10.4. The molecule has 0 saturated heterocycles. The number of rotatable bonds is 7. The summed E-state index contributed by atoms with van der Waals surface area (Å²) in [5.74, 6) is -0.423. The molecule has 2 aromatic heterocycles. The zero-order valence-electron chi connectivity index (χ0n) is 20.5. The number of aryl methyl sites for hydroxylation is 2. The maximum atomic E-state index is 12.7. The van der Waals surface area contributed by atoms with Crippen molar-refractivity contribution >= 4 is 22.9 Å². The van der Waals surface area contributed by atoms with Crippen molar-refractivity contribution in [2.45, 2.75) is 20.4 Å². The highest BCUT2D eigenvalue weighted by Gasteiger charge is 2.16. The van der Waals surface area contributed by atoms with Gasteiger partial charge >= 0.3 is 5.97 Å². The second-order valence-electron chi connectivity index (χ2n) is 8.79. The van der Waals surface area contributed by atoms with Crippen molar-refractivity contribution in [3.63, 3.8) is 0 Å². The van der Waals surface area contributed by atoms with Crippen molar-refractivity contribution in [3.05, 3.63) is 108 Å². The molecule has 1 amide bonds. The number of amides is 1. The highest BCUT2D eigenvalue weighted by molar-refractivity contribution is 5.96. The van der Waals surface area contributed by atoms with E-state index in [9.17, 15) is 9.59 Å². The number of aromatic nitrogens is 2. The second-order valence-corrected chi connectivity index (χ2v) is 8.79. The van der Waals surface area contributed by atoms with Crippen molar-refractivity contribution in [1.82, 2.24) is 15.3 Å². The Morgan fingerprint density at radius 3 is 2.03 bits per heavy atom. The largest absolute Gasteiger partial charge is 0.467 e. The predicted octanol–water partition coefficient (Wildman–Crippen LogP) is 5.65. The monoisotopic (exact) mass is 491 g/mol. The lowest BCUT2D eigenvalue weighted by molar-refractivity contribution is -0.124. The Balaban J connectivity index is 1.41. The van der Waals surface area contributed by atoms with E-state index in [4.69, 9.17) is 19.1 Å². The minimum absolute atomic E-state index is 0.222. The topological polar surface area (TPSA) is 94.3 Å². The molecule has 0 fully saturated rings. The maximum absolute atomic E-state index is 12.7. The standard InChI is InChI=1S/C30H25N3O4/c1-19-5-9-21(10-6-19)28-29(22-11-7-20(2)8-12-22)33-26-16-23(13-14-25(26)32-28)30(35)37-18-27(34)31-17-24-4-3-15-36-24/h3-16H,17-18H2,1-2H3,(H,31,34). The van der Waals surface area contributed by atoms with E-state index in [1.54, 1.807) is 30.3 Å². The summed E-state index contributed by atoms with van der Waals surface area (Å²) in [6, 6.07) is 24.8. The number of hydrogen-bond acceptors (Lipinski definition) is 6. The summed E-state index contributed by atoms with van der Waals surface area (Å²) in [5, 5.41) is 2.64. The molecular weight excluding hydrogens is 466 g/mol. The van der Waals surface area contributed by atoms with E-state index in [-0.39, 0.29) is 6.54 Å². The Labute approximate surface area is 214 Å². The molecule has 0 atom stereocenters. The van der Waals surface area contributed by atoms with Crippen molar-refractivity contribution < 1.29 is 18.7 Å². The fourth-order valence-corrected chi connectivity index (χ4v) is 3.87. The molecule has 37 heavy (non-hydrogen) atoms. The highest BCUT2D eigenvalue weighted by atomic mass is 16.5. The average Bonchev–Trinajstić information content (AvgIpc) is 3.44. The summed E-state index contributed by atoms with van der Waals surface area (Å²) in [4.78, 5) is 34.5.